The first-order chi connectivity index (χ1) is 9.60. The summed E-state index contributed by atoms with van der Waals surface area (Å²) in [5, 5.41) is 18.8. The Kier molecular flexibility index (Phi) is 4.37. The van der Waals surface area contributed by atoms with Crippen molar-refractivity contribution in [2.45, 2.75) is 20.1 Å². The largest absolute Gasteiger partial charge is 0.392 e. The van der Waals surface area contributed by atoms with Gasteiger partial charge >= 0.3 is 6.03 Å². The number of aromatic nitrogens is 2. The SMILES string of the molecule is Cc1cc(NC(=O)NCc2ccccc2CO)nn1C. The van der Waals surface area contributed by atoms with Crippen LogP contribution in [-0.4, -0.2) is 20.9 Å². The molecule has 0 unspecified atom stereocenters. The Balaban J connectivity index is 1.92. The minimum Gasteiger partial charge on any atom is -0.392 e. The van der Waals surface area contributed by atoms with E-state index in [1.807, 2.05) is 38.2 Å². The molecule has 0 radical (unpaired) electrons. The fraction of sp³-hybridized carbons (Fsp3) is 0.286. The van der Waals surface area contributed by atoms with Gasteiger partial charge in [0.25, 0.3) is 0 Å². The summed E-state index contributed by atoms with van der Waals surface area (Å²) in [6, 6.07) is 8.90. The molecule has 0 atom stereocenters. The van der Waals surface area contributed by atoms with E-state index in [0.717, 1.165) is 16.8 Å². The molecule has 0 bridgehead atoms. The average Bonchev–Trinajstić information content (AvgIpc) is 2.75. The molecule has 6 heteroatoms. The van der Waals surface area contributed by atoms with Crippen molar-refractivity contribution >= 4 is 11.8 Å². The van der Waals surface area contributed by atoms with Gasteiger partial charge in [0, 0.05) is 25.4 Å². The van der Waals surface area contributed by atoms with E-state index in [9.17, 15) is 9.90 Å². The van der Waals surface area contributed by atoms with Gasteiger partial charge in [0.05, 0.1) is 6.61 Å². The van der Waals surface area contributed by atoms with Crippen LogP contribution in [0, 0.1) is 6.92 Å². The van der Waals surface area contributed by atoms with Gasteiger partial charge in [0.2, 0.25) is 0 Å². The number of carbonyl (C=O) groups excluding carboxylic acids is 1. The molecule has 0 spiro atoms. The van der Waals surface area contributed by atoms with Crippen LogP contribution >= 0.6 is 0 Å². The average molecular weight is 274 g/mol. The fourth-order valence-corrected chi connectivity index (χ4v) is 1.84. The van der Waals surface area contributed by atoms with Crippen molar-refractivity contribution in [1.29, 1.82) is 0 Å². The molecule has 106 valence electrons. The molecule has 0 saturated carbocycles. The Morgan fingerprint density at radius 1 is 1.35 bits per heavy atom. The van der Waals surface area contributed by atoms with E-state index in [4.69, 9.17) is 0 Å². The topological polar surface area (TPSA) is 79.2 Å². The number of aryl methyl sites for hydroxylation is 2. The van der Waals surface area contributed by atoms with Gasteiger partial charge in [-0.1, -0.05) is 24.3 Å². The third kappa shape index (κ3) is 3.36. The predicted octanol–water partition coefficient (Wildman–Crippen LogP) is 1.54. The third-order valence-corrected chi connectivity index (χ3v) is 3.08. The molecule has 3 N–H and O–H groups in total. The summed E-state index contributed by atoms with van der Waals surface area (Å²) in [6.07, 6.45) is 0. The second kappa shape index (κ2) is 6.21. The first-order valence-electron chi connectivity index (χ1n) is 6.33. The molecule has 1 aromatic heterocycles. The van der Waals surface area contributed by atoms with Gasteiger partial charge in [-0.25, -0.2) is 4.79 Å². The van der Waals surface area contributed by atoms with Crippen LogP contribution in [0.1, 0.15) is 16.8 Å². The first kappa shape index (κ1) is 14.1. The monoisotopic (exact) mass is 274 g/mol. The zero-order valence-electron chi connectivity index (χ0n) is 11.6. The van der Waals surface area contributed by atoms with E-state index in [0.29, 0.717) is 12.4 Å². The summed E-state index contributed by atoms with van der Waals surface area (Å²) in [5.74, 6) is 0.512. The van der Waals surface area contributed by atoms with Crippen molar-refractivity contribution in [3.63, 3.8) is 0 Å². The first-order valence-corrected chi connectivity index (χ1v) is 6.33. The quantitative estimate of drug-likeness (QED) is 0.791. The lowest BCUT2D eigenvalue weighted by Gasteiger charge is -2.09. The highest BCUT2D eigenvalue weighted by atomic mass is 16.3. The maximum Gasteiger partial charge on any atom is 0.320 e. The van der Waals surface area contributed by atoms with Crippen LogP contribution in [0.3, 0.4) is 0 Å². The van der Waals surface area contributed by atoms with Crippen molar-refractivity contribution in [2.75, 3.05) is 5.32 Å². The lowest BCUT2D eigenvalue weighted by molar-refractivity contribution is 0.251. The summed E-state index contributed by atoms with van der Waals surface area (Å²) < 4.78 is 1.69. The Morgan fingerprint density at radius 3 is 2.65 bits per heavy atom. The molecular formula is C14H18N4O2. The van der Waals surface area contributed by atoms with Crippen LogP contribution in [-0.2, 0) is 20.2 Å². The minimum atomic E-state index is -0.323. The second-order valence-electron chi connectivity index (χ2n) is 4.53. The van der Waals surface area contributed by atoms with E-state index in [1.165, 1.54) is 0 Å². The zero-order valence-corrected chi connectivity index (χ0v) is 11.6. The van der Waals surface area contributed by atoms with Crippen LogP contribution in [0.25, 0.3) is 0 Å². The van der Waals surface area contributed by atoms with Gasteiger partial charge in [-0.05, 0) is 18.1 Å². The summed E-state index contributed by atoms with van der Waals surface area (Å²) in [4.78, 5) is 11.8. The molecule has 0 fully saturated rings. The molecule has 0 aliphatic carbocycles. The van der Waals surface area contributed by atoms with Gasteiger partial charge in [0.15, 0.2) is 5.82 Å². The molecule has 2 amide bonds. The molecule has 0 aliphatic rings. The lowest BCUT2D eigenvalue weighted by atomic mass is 10.1. The van der Waals surface area contributed by atoms with Crippen LogP contribution in [0.2, 0.25) is 0 Å². The number of carbonyl (C=O) groups is 1. The van der Waals surface area contributed by atoms with Crippen LogP contribution in [0.4, 0.5) is 10.6 Å². The van der Waals surface area contributed by atoms with Crippen molar-refractivity contribution in [2.24, 2.45) is 7.05 Å². The van der Waals surface area contributed by atoms with Gasteiger partial charge < -0.3 is 10.4 Å². The van der Waals surface area contributed by atoms with Crippen molar-refractivity contribution in [3.8, 4) is 0 Å². The van der Waals surface area contributed by atoms with Crippen LogP contribution < -0.4 is 10.6 Å². The van der Waals surface area contributed by atoms with Crippen molar-refractivity contribution in [3.05, 3.63) is 47.2 Å². The molecule has 2 rings (SSSR count). The number of anilines is 1. The maximum absolute atomic E-state index is 11.8. The number of amides is 2. The standard InChI is InChI=1S/C14H18N4O2/c1-10-7-13(17-18(10)2)16-14(20)15-8-11-5-3-4-6-12(11)9-19/h3-7,19H,8-9H2,1-2H3,(H2,15,16,17,20). The fourth-order valence-electron chi connectivity index (χ4n) is 1.84. The minimum absolute atomic E-state index is 0.0428. The van der Waals surface area contributed by atoms with E-state index >= 15 is 0 Å². The van der Waals surface area contributed by atoms with E-state index in [2.05, 4.69) is 15.7 Å². The van der Waals surface area contributed by atoms with Crippen LogP contribution in [0.5, 0.6) is 0 Å². The summed E-state index contributed by atoms with van der Waals surface area (Å²) in [6.45, 7) is 2.22. The molecule has 1 heterocycles. The third-order valence-electron chi connectivity index (χ3n) is 3.08. The van der Waals surface area contributed by atoms with Gasteiger partial charge in [0.1, 0.15) is 0 Å². The van der Waals surface area contributed by atoms with Gasteiger partial charge in [-0.15, -0.1) is 0 Å². The van der Waals surface area contributed by atoms with E-state index in [-0.39, 0.29) is 12.6 Å². The lowest BCUT2D eigenvalue weighted by Crippen LogP contribution is -2.28. The number of aliphatic hydroxyl groups is 1. The number of rotatable bonds is 4. The molecule has 0 saturated heterocycles. The Hall–Kier alpha value is -2.34. The molecule has 1 aromatic carbocycles. The van der Waals surface area contributed by atoms with Gasteiger partial charge in [-0.2, -0.15) is 5.10 Å². The number of benzene rings is 1. The number of hydrogen-bond acceptors (Lipinski definition) is 3. The number of urea groups is 1. The zero-order chi connectivity index (χ0) is 14.5. The second-order valence-corrected chi connectivity index (χ2v) is 4.53. The highest BCUT2D eigenvalue weighted by Crippen LogP contribution is 2.09. The molecule has 6 nitrogen and oxygen atoms in total. The van der Waals surface area contributed by atoms with Gasteiger partial charge in [-0.3, -0.25) is 10.00 Å². The number of nitrogens with one attached hydrogen (secondary N) is 2. The number of aliphatic hydroxyl groups excluding tert-OH is 1. The normalized spacial score (nSPS) is 10.3. The molecule has 0 aliphatic heterocycles. The summed E-state index contributed by atoms with van der Waals surface area (Å²) in [5.41, 5.74) is 2.66. The molecule has 2 aromatic rings. The smallest absolute Gasteiger partial charge is 0.320 e. The highest BCUT2D eigenvalue weighted by molar-refractivity contribution is 5.88. The molecule has 20 heavy (non-hydrogen) atoms. The number of nitrogens with zero attached hydrogens (tertiary/aromatic N) is 2. The Morgan fingerprint density at radius 2 is 2.05 bits per heavy atom. The van der Waals surface area contributed by atoms with Crippen molar-refractivity contribution in [1.82, 2.24) is 15.1 Å². The summed E-state index contributed by atoms with van der Waals surface area (Å²) >= 11 is 0. The summed E-state index contributed by atoms with van der Waals surface area (Å²) in [7, 11) is 1.82. The Bertz CT molecular complexity index is 587. The van der Waals surface area contributed by atoms with E-state index < -0.39 is 0 Å². The van der Waals surface area contributed by atoms with Crippen LogP contribution in [0.15, 0.2) is 30.3 Å². The predicted molar refractivity (Wildman–Crippen MR) is 76.2 cm³/mol. The van der Waals surface area contributed by atoms with Crippen molar-refractivity contribution < 1.29 is 9.90 Å². The number of hydrogen-bond donors (Lipinski definition) is 3. The Labute approximate surface area is 117 Å². The maximum atomic E-state index is 11.8. The molecular weight excluding hydrogens is 256 g/mol. The van der Waals surface area contributed by atoms with E-state index in [1.54, 1.807) is 10.7 Å². The highest BCUT2D eigenvalue weighted by Gasteiger charge is 2.07.